The molecule has 23 heavy (non-hydrogen) atoms. The van der Waals surface area contributed by atoms with E-state index >= 15 is 0 Å². The fraction of sp³-hybridized carbons (Fsp3) is 0.500. The van der Waals surface area contributed by atoms with Crippen LogP contribution in [0, 0.1) is 0 Å². The molecule has 1 aromatic heterocycles. The summed E-state index contributed by atoms with van der Waals surface area (Å²) >= 11 is 0. The smallest absolute Gasteiger partial charge is 0.246 e. The quantitative estimate of drug-likeness (QED) is 0.869. The second kappa shape index (κ2) is 6.14. The molecule has 3 rings (SSSR count). The molecule has 0 spiro atoms. The van der Waals surface area contributed by atoms with Crippen molar-refractivity contribution in [3.8, 4) is 0 Å². The van der Waals surface area contributed by atoms with E-state index in [2.05, 4.69) is 29.2 Å². The highest BCUT2D eigenvalue weighted by Gasteiger charge is 2.36. The maximum Gasteiger partial charge on any atom is 0.246 e. The number of aromatic nitrogens is 2. The Morgan fingerprint density at radius 2 is 2.04 bits per heavy atom. The number of rotatable bonds is 4. The zero-order valence-corrected chi connectivity index (χ0v) is 14.0. The Morgan fingerprint density at radius 1 is 1.30 bits per heavy atom. The normalized spacial score (nSPS) is 21.9. The Balaban J connectivity index is 1.77. The average Bonchev–Trinajstić information content (AvgIpc) is 3.01. The molecule has 0 aliphatic carbocycles. The van der Waals surface area contributed by atoms with E-state index < -0.39 is 0 Å². The summed E-state index contributed by atoms with van der Waals surface area (Å²) in [6, 6.07) is 10.4. The van der Waals surface area contributed by atoms with Crippen LogP contribution in [0.4, 0.5) is 0 Å². The van der Waals surface area contributed by atoms with Crippen LogP contribution >= 0.6 is 0 Å². The number of likely N-dealkylation sites (tertiary alicyclic amines) is 1. The SMILES string of the molecule is CC(C)c1noc(CN2CC(C)(c3ccccc3)CCC2=O)n1. The lowest BCUT2D eigenvalue weighted by Crippen LogP contribution is -2.47. The molecule has 5 heteroatoms. The first kappa shape index (κ1) is 15.7. The summed E-state index contributed by atoms with van der Waals surface area (Å²) in [7, 11) is 0. The molecule has 0 saturated carbocycles. The summed E-state index contributed by atoms with van der Waals surface area (Å²) < 4.78 is 5.30. The van der Waals surface area contributed by atoms with Gasteiger partial charge in [-0.1, -0.05) is 56.3 Å². The van der Waals surface area contributed by atoms with Crippen LogP contribution < -0.4 is 0 Å². The van der Waals surface area contributed by atoms with Crippen molar-refractivity contribution in [3.63, 3.8) is 0 Å². The molecule has 0 bridgehead atoms. The van der Waals surface area contributed by atoms with Crippen molar-refractivity contribution in [1.29, 1.82) is 0 Å². The van der Waals surface area contributed by atoms with Crippen LogP contribution in [0.5, 0.6) is 0 Å². The molecule has 1 fully saturated rings. The van der Waals surface area contributed by atoms with Gasteiger partial charge in [-0.05, 0) is 12.0 Å². The number of benzene rings is 1. The first-order chi connectivity index (χ1) is 11.0. The molecule has 1 aliphatic heterocycles. The molecule has 1 atom stereocenters. The van der Waals surface area contributed by atoms with Gasteiger partial charge in [0.15, 0.2) is 5.82 Å². The number of piperidine rings is 1. The van der Waals surface area contributed by atoms with E-state index in [0.717, 1.165) is 6.42 Å². The minimum absolute atomic E-state index is 0.0317. The van der Waals surface area contributed by atoms with Gasteiger partial charge >= 0.3 is 0 Å². The lowest BCUT2D eigenvalue weighted by molar-refractivity contribution is -0.136. The van der Waals surface area contributed by atoms with Crippen molar-refractivity contribution in [3.05, 3.63) is 47.6 Å². The van der Waals surface area contributed by atoms with Crippen molar-refractivity contribution in [2.75, 3.05) is 6.54 Å². The van der Waals surface area contributed by atoms with Gasteiger partial charge in [0.2, 0.25) is 11.8 Å². The van der Waals surface area contributed by atoms with E-state index in [9.17, 15) is 4.79 Å². The third kappa shape index (κ3) is 3.28. The summed E-state index contributed by atoms with van der Waals surface area (Å²) in [5.74, 6) is 1.58. The summed E-state index contributed by atoms with van der Waals surface area (Å²) in [6.45, 7) is 7.33. The average molecular weight is 313 g/mol. The van der Waals surface area contributed by atoms with Crippen molar-refractivity contribution in [2.24, 2.45) is 0 Å². The number of hydrogen-bond acceptors (Lipinski definition) is 4. The number of carbonyl (C=O) groups excluding carboxylic acids is 1. The molecule has 0 N–H and O–H groups in total. The van der Waals surface area contributed by atoms with E-state index in [0.29, 0.717) is 31.2 Å². The fourth-order valence-corrected chi connectivity index (χ4v) is 3.08. The Morgan fingerprint density at radius 3 is 2.70 bits per heavy atom. The van der Waals surface area contributed by atoms with E-state index in [4.69, 9.17) is 4.52 Å². The van der Waals surface area contributed by atoms with Crippen molar-refractivity contribution < 1.29 is 9.32 Å². The molecule has 1 amide bonds. The Hall–Kier alpha value is -2.17. The van der Waals surface area contributed by atoms with Gasteiger partial charge in [-0.25, -0.2) is 0 Å². The highest BCUT2D eigenvalue weighted by Crippen LogP contribution is 2.34. The Labute approximate surface area is 136 Å². The summed E-state index contributed by atoms with van der Waals surface area (Å²) in [4.78, 5) is 18.5. The van der Waals surface area contributed by atoms with Crippen LogP contribution in [0.3, 0.4) is 0 Å². The topological polar surface area (TPSA) is 59.2 Å². The summed E-state index contributed by atoms with van der Waals surface area (Å²) in [5, 5.41) is 3.98. The largest absolute Gasteiger partial charge is 0.337 e. The molecule has 1 aliphatic rings. The van der Waals surface area contributed by atoms with Gasteiger partial charge in [0, 0.05) is 24.3 Å². The van der Waals surface area contributed by atoms with Gasteiger partial charge in [-0.15, -0.1) is 0 Å². The van der Waals surface area contributed by atoms with Gasteiger partial charge in [0.1, 0.15) is 6.54 Å². The monoisotopic (exact) mass is 313 g/mol. The molecular weight excluding hydrogens is 290 g/mol. The van der Waals surface area contributed by atoms with Crippen LogP contribution in [0.1, 0.15) is 56.8 Å². The van der Waals surface area contributed by atoms with Gasteiger partial charge in [-0.2, -0.15) is 4.98 Å². The van der Waals surface area contributed by atoms with Crippen molar-refractivity contribution in [2.45, 2.75) is 51.5 Å². The van der Waals surface area contributed by atoms with E-state index in [-0.39, 0.29) is 17.2 Å². The van der Waals surface area contributed by atoms with Gasteiger partial charge in [-0.3, -0.25) is 4.79 Å². The molecule has 0 radical (unpaired) electrons. The number of hydrogen-bond donors (Lipinski definition) is 0. The number of amides is 1. The molecule has 1 saturated heterocycles. The molecule has 122 valence electrons. The molecule has 2 aromatic rings. The summed E-state index contributed by atoms with van der Waals surface area (Å²) in [6.07, 6.45) is 1.42. The fourth-order valence-electron chi connectivity index (χ4n) is 3.08. The zero-order valence-electron chi connectivity index (χ0n) is 14.0. The number of nitrogens with zero attached hydrogens (tertiary/aromatic N) is 3. The van der Waals surface area contributed by atoms with Crippen LogP contribution in [0.25, 0.3) is 0 Å². The molecule has 1 unspecified atom stereocenters. The zero-order chi connectivity index (χ0) is 16.4. The van der Waals surface area contributed by atoms with Crippen LogP contribution in [-0.4, -0.2) is 27.5 Å². The minimum Gasteiger partial charge on any atom is -0.337 e. The molecular formula is C18H23N3O2. The van der Waals surface area contributed by atoms with Crippen LogP contribution in [0.2, 0.25) is 0 Å². The third-order valence-electron chi connectivity index (χ3n) is 4.58. The minimum atomic E-state index is -0.0317. The van der Waals surface area contributed by atoms with Crippen LogP contribution in [-0.2, 0) is 16.8 Å². The standard InChI is InChI=1S/C18H23N3O2/c1-13(2)17-19-15(23-20-17)11-21-12-18(3,10-9-16(21)22)14-7-5-4-6-8-14/h4-8,13H,9-12H2,1-3H3. The highest BCUT2D eigenvalue weighted by molar-refractivity contribution is 5.77. The first-order valence-electron chi connectivity index (χ1n) is 8.14. The maximum atomic E-state index is 12.3. The van der Waals surface area contributed by atoms with Gasteiger partial charge in [0.25, 0.3) is 0 Å². The lowest BCUT2D eigenvalue weighted by atomic mass is 9.76. The third-order valence-corrected chi connectivity index (χ3v) is 4.58. The number of carbonyl (C=O) groups is 1. The van der Waals surface area contributed by atoms with Crippen LogP contribution in [0.15, 0.2) is 34.9 Å². The highest BCUT2D eigenvalue weighted by atomic mass is 16.5. The Kier molecular flexibility index (Phi) is 4.20. The predicted molar refractivity (Wildman–Crippen MR) is 86.8 cm³/mol. The second-order valence-electron chi connectivity index (χ2n) is 6.88. The first-order valence-corrected chi connectivity index (χ1v) is 8.14. The van der Waals surface area contributed by atoms with Gasteiger partial charge in [0.05, 0.1) is 0 Å². The molecule has 2 heterocycles. The summed E-state index contributed by atoms with van der Waals surface area (Å²) in [5.41, 5.74) is 1.24. The van der Waals surface area contributed by atoms with E-state index in [1.807, 2.05) is 36.9 Å². The molecule has 5 nitrogen and oxygen atoms in total. The predicted octanol–water partition coefficient (Wildman–Crippen LogP) is 3.27. The van der Waals surface area contributed by atoms with Crippen molar-refractivity contribution in [1.82, 2.24) is 15.0 Å². The Bertz CT molecular complexity index is 681. The van der Waals surface area contributed by atoms with Crippen molar-refractivity contribution >= 4 is 5.91 Å². The van der Waals surface area contributed by atoms with Gasteiger partial charge < -0.3 is 9.42 Å². The molecule has 1 aromatic carbocycles. The second-order valence-corrected chi connectivity index (χ2v) is 6.88. The lowest BCUT2D eigenvalue weighted by Gasteiger charge is -2.40. The van der Waals surface area contributed by atoms with E-state index in [1.54, 1.807) is 0 Å². The maximum absolute atomic E-state index is 12.3. The van der Waals surface area contributed by atoms with E-state index in [1.165, 1.54) is 5.56 Å².